The molecule has 4 aromatic rings. The third-order valence-electron chi connectivity index (χ3n) is 5.47. The summed E-state index contributed by atoms with van der Waals surface area (Å²) in [7, 11) is 0. The Labute approximate surface area is 180 Å². The van der Waals surface area contributed by atoms with E-state index in [2.05, 4.69) is 32.3 Å². The lowest BCUT2D eigenvalue weighted by atomic mass is 10.1. The first-order valence-electron chi connectivity index (χ1n) is 10.1. The van der Waals surface area contributed by atoms with E-state index in [0.29, 0.717) is 41.7 Å². The SMILES string of the molecule is CCNc1nc2nnc(-c3cc(F)cc(C#CC4(C(F)F)CC4)c3)n2c2ccc(F)cc12. The van der Waals surface area contributed by atoms with Crippen LogP contribution in [0.3, 0.4) is 0 Å². The summed E-state index contributed by atoms with van der Waals surface area (Å²) in [5, 5.41) is 11.9. The Morgan fingerprint density at radius 3 is 2.62 bits per heavy atom. The summed E-state index contributed by atoms with van der Waals surface area (Å²) in [5.41, 5.74) is -0.0940. The summed E-state index contributed by atoms with van der Waals surface area (Å²) in [6.45, 7) is 2.46. The van der Waals surface area contributed by atoms with E-state index in [0.717, 1.165) is 0 Å². The lowest BCUT2D eigenvalue weighted by Crippen LogP contribution is -2.08. The maximum absolute atomic E-state index is 14.4. The normalized spacial score (nSPS) is 14.6. The zero-order chi connectivity index (χ0) is 22.5. The van der Waals surface area contributed by atoms with E-state index in [1.54, 1.807) is 16.5 Å². The number of hydrogen-bond acceptors (Lipinski definition) is 4. The number of hydrogen-bond donors (Lipinski definition) is 1. The predicted octanol–water partition coefficient (Wildman–Crippen LogP) is 5.05. The number of aromatic nitrogens is 4. The number of anilines is 1. The van der Waals surface area contributed by atoms with E-state index in [-0.39, 0.29) is 17.2 Å². The Kier molecular flexibility index (Phi) is 4.73. The first-order valence-corrected chi connectivity index (χ1v) is 10.1. The second kappa shape index (κ2) is 7.48. The van der Waals surface area contributed by atoms with Crippen molar-refractivity contribution < 1.29 is 17.6 Å². The molecule has 0 aliphatic heterocycles. The van der Waals surface area contributed by atoms with E-state index < -0.39 is 23.5 Å². The highest BCUT2D eigenvalue weighted by molar-refractivity contribution is 5.92. The van der Waals surface area contributed by atoms with Gasteiger partial charge in [0.15, 0.2) is 5.82 Å². The van der Waals surface area contributed by atoms with Crippen LogP contribution in [0.1, 0.15) is 25.3 Å². The molecule has 2 aromatic heterocycles. The molecular formula is C23H17F4N5. The van der Waals surface area contributed by atoms with Crippen LogP contribution in [-0.2, 0) is 0 Å². The topological polar surface area (TPSA) is 55.1 Å². The fraction of sp³-hybridized carbons (Fsp3) is 0.261. The minimum absolute atomic E-state index is 0.251. The van der Waals surface area contributed by atoms with Crippen molar-refractivity contribution in [2.24, 2.45) is 5.41 Å². The van der Waals surface area contributed by atoms with E-state index >= 15 is 0 Å². The summed E-state index contributed by atoms with van der Waals surface area (Å²) in [4.78, 5) is 4.43. The molecule has 0 amide bonds. The molecule has 1 aliphatic carbocycles. The van der Waals surface area contributed by atoms with Crippen LogP contribution in [0.25, 0.3) is 28.1 Å². The Balaban J connectivity index is 1.68. The van der Waals surface area contributed by atoms with Crippen molar-refractivity contribution in [1.29, 1.82) is 0 Å². The first kappa shape index (κ1) is 20.2. The van der Waals surface area contributed by atoms with Gasteiger partial charge in [0.05, 0.1) is 10.9 Å². The average Bonchev–Trinajstić information content (AvgIpc) is 3.44. The Morgan fingerprint density at radius 1 is 1.09 bits per heavy atom. The van der Waals surface area contributed by atoms with Gasteiger partial charge in [-0.1, -0.05) is 11.8 Å². The number of nitrogens with zero attached hydrogens (tertiary/aromatic N) is 4. The van der Waals surface area contributed by atoms with Gasteiger partial charge < -0.3 is 5.32 Å². The molecule has 1 fully saturated rings. The molecule has 5 rings (SSSR count). The zero-order valence-electron chi connectivity index (χ0n) is 17.0. The second-order valence-corrected chi connectivity index (χ2v) is 7.75. The molecule has 0 saturated heterocycles. The number of nitrogens with one attached hydrogen (secondary N) is 1. The molecule has 0 radical (unpaired) electrons. The van der Waals surface area contributed by atoms with Crippen molar-refractivity contribution >= 4 is 22.5 Å². The zero-order valence-corrected chi connectivity index (χ0v) is 17.0. The van der Waals surface area contributed by atoms with Gasteiger partial charge in [-0.25, -0.2) is 17.6 Å². The molecule has 0 unspecified atom stereocenters. The van der Waals surface area contributed by atoms with Gasteiger partial charge in [0.25, 0.3) is 12.2 Å². The van der Waals surface area contributed by atoms with Gasteiger partial charge in [0.2, 0.25) is 0 Å². The lowest BCUT2D eigenvalue weighted by Gasteiger charge is -2.10. The fourth-order valence-electron chi connectivity index (χ4n) is 3.63. The third kappa shape index (κ3) is 3.42. The quantitative estimate of drug-likeness (QED) is 0.357. The lowest BCUT2D eigenvalue weighted by molar-refractivity contribution is 0.0921. The van der Waals surface area contributed by atoms with Crippen molar-refractivity contribution in [2.45, 2.75) is 26.2 Å². The Bertz CT molecular complexity index is 1410. The fourth-order valence-corrected chi connectivity index (χ4v) is 3.63. The molecule has 0 bridgehead atoms. The van der Waals surface area contributed by atoms with Crippen molar-refractivity contribution in [1.82, 2.24) is 19.6 Å². The van der Waals surface area contributed by atoms with Crippen LogP contribution in [0.5, 0.6) is 0 Å². The molecule has 162 valence electrons. The van der Waals surface area contributed by atoms with Gasteiger partial charge in [-0.2, -0.15) is 4.98 Å². The summed E-state index contributed by atoms with van der Waals surface area (Å²) < 4.78 is 56.3. The monoisotopic (exact) mass is 439 g/mol. The van der Waals surface area contributed by atoms with Gasteiger partial charge in [-0.05, 0) is 56.2 Å². The molecule has 0 atom stereocenters. The van der Waals surface area contributed by atoms with Gasteiger partial charge in [-0.3, -0.25) is 4.40 Å². The number of halogens is 4. The smallest absolute Gasteiger partial charge is 0.257 e. The molecule has 9 heteroatoms. The molecule has 1 aliphatic rings. The van der Waals surface area contributed by atoms with Crippen LogP contribution in [0, 0.1) is 28.9 Å². The summed E-state index contributed by atoms with van der Waals surface area (Å²) >= 11 is 0. The Morgan fingerprint density at radius 2 is 1.91 bits per heavy atom. The number of rotatable bonds is 4. The molecule has 0 spiro atoms. The number of alkyl halides is 2. The molecule has 5 nitrogen and oxygen atoms in total. The van der Waals surface area contributed by atoms with Crippen molar-refractivity contribution in [3.8, 4) is 23.2 Å². The van der Waals surface area contributed by atoms with Crippen LogP contribution in [0.2, 0.25) is 0 Å². The number of fused-ring (bicyclic) bond motifs is 3. The van der Waals surface area contributed by atoms with E-state index in [1.807, 2.05) is 6.92 Å². The van der Waals surface area contributed by atoms with E-state index in [9.17, 15) is 17.6 Å². The Hall–Kier alpha value is -3.67. The van der Waals surface area contributed by atoms with Gasteiger partial charge in [0.1, 0.15) is 17.5 Å². The maximum Gasteiger partial charge on any atom is 0.257 e. The van der Waals surface area contributed by atoms with Gasteiger partial charge >= 0.3 is 0 Å². The van der Waals surface area contributed by atoms with Crippen molar-refractivity contribution in [2.75, 3.05) is 11.9 Å². The average molecular weight is 439 g/mol. The molecule has 2 aromatic carbocycles. The third-order valence-corrected chi connectivity index (χ3v) is 5.47. The van der Waals surface area contributed by atoms with Crippen LogP contribution in [-0.4, -0.2) is 32.6 Å². The second-order valence-electron chi connectivity index (χ2n) is 7.75. The van der Waals surface area contributed by atoms with Crippen LogP contribution in [0.15, 0.2) is 36.4 Å². The van der Waals surface area contributed by atoms with Crippen LogP contribution in [0.4, 0.5) is 23.4 Å². The maximum atomic E-state index is 14.4. The first-order chi connectivity index (χ1) is 15.4. The minimum atomic E-state index is -2.53. The van der Waals surface area contributed by atoms with Crippen LogP contribution < -0.4 is 5.32 Å². The predicted molar refractivity (Wildman–Crippen MR) is 112 cm³/mol. The summed E-state index contributed by atoms with van der Waals surface area (Å²) in [5.74, 6) is 5.28. The highest BCUT2D eigenvalue weighted by Gasteiger charge is 2.49. The van der Waals surface area contributed by atoms with Gasteiger partial charge in [0, 0.05) is 23.1 Å². The highest BCUT2D eigenvalue weighted by atomic mass is 19.3. The van der Waals surface area contributed by atoms with Crippen molar-refractivity contribution in [3.05, 3.63) is 53.6 Å². The molecule has 32 heavy (non-hydrogen) atoms. The molecule has 1 saturated carbocycles. The summed E-state index contributed by atoms with van der Waals surface area (Å²) in [6, 6.07) is 8.26. The molecule has 1 N–H and O–H groups in total. The highest BCUT2D eigenvalue weighted by Crippen LogP contribution is 2.50. The number of benzene rings is 2. The molecular weight excluding hydrogens is 422 g/mol. The van der Waals surface area contributed by atoms with Crippen molar-refractivity contribution in [3.63, 3.8) is 0 Å². The van der Waals surface area contributed by atoms with Crippen LogP contribution >= 0.6 is 0 Å². The van der Waals surface area contributed by atoms with E-state index in [1.165, 1.54) is 24.3 Å². The summed E-state index contributed by atoms with van der Waals surface area (Å²) in [6.07, 6.45) is -1.87. The minimum Gasteiger partial charge on any atom is -0.370 e. The molecule has 2 heterocycles. The standard InChI is InChI=1S/C23H17F4N5/c1-2-28-19-17-12-15(24)3-4-18(17)32-20(30-31-22(32)29-19)14-9-13(10-16(25)11-14)5-6-23(7-8-23)21(26)27/h3-4,9-12,21H,2,7-8H2,1H3,(H,28,29,31). The van der Waals surface area contributed by atoms with E-state index in [4.69, 9.17) is 0 Å². The van der Waals surface area contributed by atoms with Gasteiger partial charge in [-0.15, -0.1) is 10.2 Å². The largest absolute Gasteiger partial charge is 0.370 e.